The van der Waals surface area contributed by atoms with Gasteiger partial charge in [-0.1, -0.05) is 35.9 Å². The van der Waals surface area contributed by atoms with Crippen LogP contribution in [0.1, 0.15) is 11.1 Å². The van der Waals surface area contributed by atoms with Crippen LogP contribution in [-0.4, -0.2) is 21.4 Å². The third-order valence-electron chi connectivity index (χ3n) is 3.56. The normalized spacial score (nSPS) is 10.8. The highest BCUT2D eigenvalue weighted by molar-refractivity contribution is 5.63. The van der Waals surface area contributed by atoms with Crippen molar-refractivity contribution >= 4 is 17.3 Å². The molecule has 0 saturated heterocycles. The molecule has 0 bridgehead atoms. The van der Waals surface area contributed by atoms with Gasteiger partial charge in [-0.2, -0.15) is 9.38 Å². The lowest BCUT2D eigenvalue weighted by molar-refractivity contribution is -0.389. The van der Waals surface area contributed by atoms with E-state index in [0.29, 0.717) is 18.0 Å². The van der Waals surface area contributed by atoms with Crippen LogP contribution in [0.4, 0.5) is 11.6 Å². The summed E-state index contributed by atoms with van der Waals surface area (Å²) >= 11 is 0. The van der Waals surface area contributed by atoms with Crippen molar-refractivity contribution in [3.63, 3.8) is 0 Å². The molecule has 0 aliphatic rings. The molecule has 0 atom stereocenters. The maximum absolute atomic E-state index is 11.4. The molecular weight excluding hydrogens is 280 g/mol. The minimum absolute atomic E-state index is 0.00906. The van der Waals surface area contributed by atoms with Gasteiger partial charge in [0.15, 0.2) is 0 Å². The molecule has 6 nitrogen and oxygen atoms in total. The first-order valence-electron chi connectivity index (χ1n) is 6.94. The van der Waals surface area contributed by atoms with Gasteiger partial charge in [0.1, 0.15) is 0 Å². The Kier molecular flexibility index (Phi) is 3.50. The van der Waals surface area contributed by atoms with Crippen LogP contribution in [0, 0.1) is 17.0 Å². The molecule has 6 heteroatoms. The van der Waals surface area contributed by atoms with Gasteiger partial charge in [-0.25, -0.2) is 0 Å². The van der Waals surface area contributed by atoms with E-state index >= 15 is 0 Å². The zero-order chi connectivity index (χ0) is 15.7. The van der Waals surface area contributed by atoms with Crippen LogP contribution >= 0.6 is 0 Å². The first-order chi connectivity index (χ1) is 10.6. The fourth-order valence-electron chi connectivity index (χ4n) is 2.44. The lowest BCUT2D eigenvalue weighted by Crippen LogP contribution is -2.18. The fourth-order valence-corrected chi connectivity index (χ4v) is 2.44. The summed E-state index contributed by atoms with van der Waals surface area (Å²) in [4.78, 5) is 17.2. The average Bonchev–Trinajstić information content (AvgIpc) is 2.89. The van der Waals surface area contributed by atoms with Crippen LogP contribution in [0.2, 0.25) is 0 Å². The SMILES string of the molecule is Cc1ccc(CN(C)c2nc3ccccn3c2[N+](=O)[O-])cc1. The van der Waals surface area contributed by atoms with Crippen molar-refractivity contribution in [1.29, 1.82) is 0 Å². The zero-order valence-corrected chi connectivity index (χ0v) is 12.4. The lowest BCUT2D eigenvalue weighted by atomic mass is 10.1. The van der Waals surface area contributed by atoms with Crippen molar-refractivity contribution in [3.8, 4) is 0 Å². The number of pyridine rings is 1. The Labute approximate surface area is 127 Å². The Morgan fingerprint density at radius 3 is 2.64 bits per heavy atom. The molecular formula is C16H16N4O2. The first-order valence-corrected chi connectivity index (χ1v) is 6.94. The number of hydrogen-bond acceptors (Lipinski definition) is 4. The molecule has 3 rings (SSSR count). The van der Waals surface area contributed by atoms with E-state index in [-0.39, 0.29) is 10.7 Å². The number of aromatic nitrogens is 2. The molecule has 0 radical (unpaired) electrons. The number of hydrogen-bond donors (Lipinski definition) is 0. The number of rotatable bonds is 4. The average molecular weight is 296 g/mol. The van der Waals surface area contributed by atoms with Crippen molar-refractivity contribution in [1.82, 2.24) is 9.38 Å². The van der Waals surface area contributed by atoms with Crippen molar-refractivity contribution in [3.05, 3.63) is 69.9 Å². The van der Waals surface area contributed by atoms with Gasteiger partial charge in [-0.15, -0.1) is 0 Å². The second-order valence-corrected chi connectivity index (χ2v) is 5.29. The first kappa shape index (κ1) is 14.1. The third kappa shape index (κ3) is 2.50. The number of imidazole rings is 1. The fraction of sp³-hybridized carbons (Fsp3) is 0.188. The second-order valence-electron chi connectivity index (χ2n) is 5.29. The van der Waals surface area contributed by atoms with Gasteiger partial charge in [0, 0.05) is 19.7 Å². The van der Waals surface area contributed by atoms with E-state index in [2.05, 4.69) is 4.98 Å². The van der Waals surface area contributed by atoms with E-state index in [1.807, 2.05) is 44.3 Å². The second kappa shape index (κ2) is 5.48. The van der Waals surface area contributed by atoms with Gasteiger partial charge in [0.25, 0.3) is 0 Å². The molecule has 112 valence electrons. The van der Waals surface area contributed by atoms with Gasteiger partial charge in [0.2, 0.25) is 11.5 Å². The Morgan fingerprint density at radius 1 is 1.23 bits per heavy atom. The zero-order valence-electron chi connectivity index (χ0n) is 12.4. The van der Waals surface area contributed by atoms with E-state index < -0.39 is 0 Å². The van der Waals surface area contributed by atoms with Crippen LogP contribution in [0.3, 0.4) is 0 Å². The van der Waals surface area contributed by atoms with Gasteiger partial charge in [0.05, 0.1) is 6.20 Å². The van der Waals surface area contributed by atoms with E-state index in [0.717, 1.165) is 5.56 Å². The topological polar surface area (TPSA) is 63.7 Å². The molecule has 0 saturated carbocycles. The molecule has 0 unspecified atom stereocenters. The van der Waals surface area contributed by atoms with E-state index in [9.17, 15) is 10.1 Å². The van der Waals surface area contributed by atoms with Crippen LogP contribution in [0.25, 0.3) is 5.65 Å². The van der Waals surface area contributed by atoms with Crippen LogP contribution < -0.4 is 4.90 Å². The summed E-state index contributed by atoms with van der Waals surface area (Å²) in [5, 5.41) is 11.4. The predicted octanol–water partition coefficient (Wildman–Crippen LogP) is 3.19. The quantitative estimate of drug-likeness (QED) is 0.548. The number of anilines is 1. The Balaban J connectivity index is 1.99. The molecule has 1 aromatic carbocycles. The van der Waals surface area contributed by atoms with E-state index in [1.165, 1.54) is 9.96 Å². The maximum atomic E-state index is 11.4. The van der Waals surface area contributed by atoms with Gasteiger partial charge in [-0.05, 0) is 23.5 Å². The van der Waals surface area contributed by atoms with E-state index in [1.54, 1.807) is 23.2 Å². The van der Waals surface area contributed by atoms with Crippen LogP contribution in [0.5, 0.6) is 0 Å². The molecule has 0 aliphatic heterocycles. The number of nitro groups is 1. The summed E-state index contributed by atoms with van der Waals surface area (Å²) in [7, 11) is 1.81. The molecule has 3 aromatic rings. The van der Waals surface area contributed by atoms with Gasteiger partial charge < -0.3 is 15.0 Å². The lowest BCUT2D eigenvalue weighted by Gasteiger charge is -2.16. The molecule has 0 spiro atoms. The highest BCUT2D eigenvalue weighted by Gasteiger charge is 2.25. The van der Waals surface area contributed by atoms with Crippen LogP contribution in [-0.2, 0) is 6.54 Å². The minimum Gasteiger partial charge on any atom is -0.358 e. The van der Waals surface area contributed by atoms with Crippen molar-refractivity contribution in [2.24, 2.45) is 0 Å². The standard InChI is InChI=1S/C16H16N4O2/c1-12-6-8-13(9-7-12)11-18(2)15-16(20(21)22)19-10-4-3-5-14(19)17-15/h3-10H,11H2,1-2H3. The van der Waals surface area contributed by atoms with Gasteiger partial charge in [-0.3, -0.25) is 0 Å². The largest absolute Gasteiger partial charge is 0.372 e. The molecule has 2 heterocycles. The van der Waals surface area contributed by atoms with E-state index in [4.69, 9.17) is 0 Å². The monoisotopic (exact) mass is 296 g/mol. The molecule has 0 aliphatic carbocycles. The summed E-state index contributed by atoms with van der Waals surface area (Å²) in [6.07, 6.45) is 1.66. The summed E-state index contributed by atoms with van der Waals surface area (Å²) in [6.45, 7) is 2.59. The van der Waals surface area contributed by atoms with Crippen molar-refractivity contribution < 1.29 is 4.92 Å². The Hall–Kier alpha value is -2.89. The summed E-state index contributed by atoms with van der Waals surface area (Å²) in [5.41, 5.74) is 2.84. The van der Waals surface area contributed by atoms with Crippen LogP contribution in [0.15, 0.2) is 48.7 Å². The third-order valence-corrected chi connectivity index (χ3v) is 3.56. The highest BCUT2D eigenvalue weighted by atomic mass is 16.6. The Bertz CT molecular complexity index is 824. The summed E-state index contributed by atoms with van der Waals surface area (Å²) < 4.78 is 1.50. The summed E-state index contributed by atoms with van der Waals surface area (Å²) in [5.74, 6) is 0.363. The van der Waals surface area contributed by atoms with Crippen molar-refractivity contribution in [2.75, 3.05) is 11.9 Å². The molecule has 0 amide bonds. The number of aryl methyl sites for hydroxylation is 1. The molecule has 0 fully saturated rings. The minimum atomic E-state index is -0.388. The highest BCUT2D eigenvalue weighted by Crippen LogP contribution is 2.28. The maximum Gasteiger partial charge on any atom is 0.372 e. The smallest absolute Gasteiger partial charge is 0.358 e. The van der Waals surface area contributed by atoms with Crippen molar-refractivity contribution in [2.45, 2.75) is 13.5 Å². The Morgan fingerprint density at radius 2 is 1.95 bits per heavy atom. The molecule has 0 N–H and O–H groups in total. The number of nitrogens with zero attached hydrogens (tertiary/aromatic N) is 4. The molecule has 2 aromatic heterocycles. The number of benzene rings is 1. The number of fused-ring (bicyclic) bond motifs is 1. The summed E-state index contributed by atoms with van der Waals surface area (Å²) in [6, 6.07) is 13.4. The molecule has 22 heavy (non-hydrogen) atoms. The predicted molar refractivity (Wildman–Crippen MR) is 85.1 cm³/mol. The van der Waals surface area contributed by atoms with Gasteiger partial charge >= 0.3 is 5.82 Å².